The van der Waals surface area contributed by atoms with Gasteiger partial charge in [-0.05, 0) is 31.2 Å². The molecule has 2 amide bonds. The van der Waals surface area contributed by atoms with Crippen LogP contribution in [0.1, 0.15) is 6.92 Å². The normalized spacial score (nSPS) is 16.7. The average molecular weight is 313 g/mol. The number of nitrogens with one attached hydrogen (secondary N) is 2. The molecule has 8 heteroatoms. The van der Waals surface area contributed by atoms with Crippen LogP contribution in [-0.2, 0) is 14.8 Å². The maximum absolute atomic E-state index is 11.9. The molecule has 1 aliphatic heterocycles. The Morgan fingerprint density at radius 2 is 2.05 bits per heavy atom. The van der Waals surface area contributed by atoms with Crippen LogP contribution in [-0.4, -0.2) is 46.5 Å². The molecule has 116 valence electrons. The number of anilines is 2. The Morgan fingerprint density at radius 1 is 1.38 bits per heavy atom. The largest absolute Gasteiger partial charge is 0.381 e. The molecule has 1 saturated heterocycles. The lowest BCUT2D eigenvalue weighted by Gasteiger charge is -2.15. The summed E-state index contributed by atoms with van der Waals surface area (Å²) < 4.78 is 31.2. The van der Waals surface area contributed by atoms with Crippen molar-refractivity contribution in [1.29, 1.82) is 0 Å². The zero-order chi connectivity index (χ0) is 15.5. The molecule has 2 N–H and O–H groups in total. The summed E-state index contributed by atoms with van der Waals surface area (Å²) in [6, 6.07) is 6.55. The molecule has 1 aromatic rings. The Balaban J connectivity index is 2.04. The Hall–Kier alpha value is -1.80. The third-order valence-electron chi connectivity index (χ3n) is 3.17. The molecule has 1 heterocycles. The van der Waals surface area contributed by atoms with Crippen LogP contribution >= 0.6 is 0 Å². The standard InChI is InChI=1S/C13H19N3O4S/c1-10(20-2)9-21(18,19)15-11-3-5-12(6-4-11)16-8-7-14-13(16)17/h3-6,10,15H,7-9H2,1-2H3,(H,14,17)/t10-/m0/s1. The minimum atomic E-state index is -3.46. The van der Waals surface area contributed by atoms with Gasteiger partial charge in [-0.2, -0.15) is 0 Å². The summed E-state index contributed by atoms with van der Waals surface area (Å²) >= 11 is 0. The maximum atomic E-state index is 11.9. The number of urea groups is 1. The number of hydrogen-bond donors (Lipinski definition) is 2. The molecule has 1 aliphatic rings. The van der Waals surface area contributed by atoms with Crippen molar-refractivity contribution in [2.45, 2.75) is 13.0 Å². The molecule has 2 rings (SSSR count). The number of amides is 2. The molecule has 0 saturated carbocycles. The molecule has 0 bridgehead atoms. The number of hydrogen-bond acceptors (Lipinski definition) is 4. The predicted molar refractivity (Wildman–Crippen MR) is 81.1 cm³/mol. The fraction of sp³-hybridized carbons (Fsp3) is 0.462. The molecule has 0 spiro atoms. The minimum absolute atomic E-state index is 0.111. The predicted octanol–water partition coefficient (Wildman–Crippen LogP) is 0.993. The van der Waals surface area contributed by atoms with Crippen molar-refractivity contribution in [3.63, 3.8) is 0 Å². The van der Waals surface area contributed by atoms with E-state index in [1.165, 1.54) is 7.11 Å². The summed E-state index contributed by atoms with van der Waals surface area (Å²) in [5.74, 6) is -0.111. The van der Waals surface area contributed by atoms with E-state index < -0.39 is 10.0 Å². The maximum Gasteiger partial charge on any atom is 0.321 e. The van der Waals surface area contributed by atoms with Crippen molar-refractivity contribution in [3.8, 4) is 0 Å². The summed E-state index contributed by atoms with van der Waals surface area (Å²) in [6.45, 7) is 2.91. The molecule has 0 unspecified atom stereocenters. The lowest BCUT2D eigenvalue weighted by molar-refractivity contribution is 0.136. The third kappa shape index (κ3) is 4.08. The van der Waals surface area contributed by atoms with Gasteiger partial charge in [0, 0.05) is 31.6 Å². The van der Waals surface area contributed by atoms with E-state index >= 15 is 0 Å². The van der Waals surface area contributed by atoms with E-state index in [9.17, 15) is 13.2 Å². The van der Waals surface area contributed by atoms with Crippen molar-refractivity contribution in [2.24, 2.45) is 0 Å². The Morgan fingerprint density at radius 3 is 2.57 bits per heavy atom. The Labute approximate surface area is 124 Å². The number of benzene rings is 1. The van der Waals surface area contributed by atoms with Gasteiger partial charge in [0.2, 0.25) is 10.0 Å². The van der Waals surface area contributed by atoms with Crippen molar-refractivity contribution in [1.82, 2.24) is 5.32 Å². The molecule has 1 fully saturated rings. The van der Waals surface area contributed by atoms with Crippen LogP contribution in [0.5, 0.6) is 0 Å². The van der Waals surface area contributed by atoms with E-state index in [2.05, 4.69) is 10.0 Å². The second-order valence-corrected chi connectivity index (χ2v) is 6.63. The van der Waals surface area contributed by atoms with Crippen LogP contribution in [0.25, 0.3) is 0 Å². The van der Waals surface area contributed by atoms with Gasteiger partial charge in [0.15, 0.2) is 0 Å². The van der Waals surface area contributed by atoms with Gasteiger partial charge in [-0.3, -0.25) is 9.62 Å². The molecule has 1 atom stereocenters. The highest BCUT2D eigenvalue weighted by atomic mass is 32.2. The highest BCUT2D eigenvalue weighted by Gasteiger charge is 2.21. The second-order valence-electron chi connectivity index (χ2n) is 4.86. The van der Waals surface area contributed by atoms with E-state index in [-0.39, 0.29) is 17.9 Å². The van der Waals surface area contributed by atoms with Gasteiger partial charge in [-0.15, -0.1) is 0 Å². The van der Waals surface area contributed by atoms with E-state index in [4.69, 9.17) is 4.74 Å². The molecular formula is C13H19N3O4S. The number of carbonyl (C=O) groups excluding carboxylic acids is 1. The van der Waals surface area contributed by atoms with Crippen LogP contribution in [0.3, 0.4) is 0 Å². The fourth-order valence-electron chi connectivity index (χ4n) is 2.03. The first kappa shape index (κ1) is 15.6. The summed E-state index contributed by atoms with van der Waals surface area (Å²) in [7, 11) is -1.99. The highest BCUT2D eigenvalue weighted by molar-refractivity contribution is 7.92. The summed E-state index contributed by atoms with van der Waals surface area (Å²) in [5, 5.41) is 2.71. The minimum Gasteiger partial charge on any atom is -0.381 e. The van der Waals surface area contributed by atoms with Crippen LogP contribution in [0, 0.1) is 0 Å². The number of rotatable bonds is 6. The van der Waals surface area contributed by atoms with Gasteiger partial charge in [0.05, 0.1) is 11.9 Å². The zero-order valence-corrected chi connectivity index (χ0v) is 12.8. The third-order valence-corrected chi connectivity index (χ3v) is 4.62. The van der Waals surface area contributed by atoms with Crippen LogP contribution in [0.2, 0.25) is 0 Å². The topological polar surface area (TPSA) is 87.7 Å². The molecule has 21 heavy (non-hydrogen) atoms. The van der Waals surface area contributed by atoms with Crippen molar-refractivity contribution in [3.05, 3.63) is 24.3 Å². The summed E-state index contributed by atoms with van der Waals surface area (Å²) in [4.78, 5) is 13.1. The molecule has 1 aromatic carbocycles. The lowest BCUT2D eigenvalue weighted by atomic mass is 10.2. The average Bonchev–Trinajstić information content (AvgIpc) is 2.85. The van der Waals surface area contributed by atoms with E-state index in [0.29, 0.717) is 18.8 Å². The first-order chi connectivity index (χ1) is 9.91. The van der Waals surface area contributed by atoms with Gasteiger partial charge in [-0.1, -0.05) is 0 Å². The molecule has 0 aliphatic carbocycles. The van der Waals surface area contributed by atoms with Crippen molar-refractivity contribution in [2.75, 3.05) is 35.6 Å². The summed E-state index contributed by atoms with van der Waals surface area (Å²) in [6.07, 6.45) is -0.380. The van der Waals surface area contributed by atoms with Crippen LogP contribution < -0.4 is 14.9 Å². The second kappa shape index (κ2) is 6.31. The Bertz CT molecular complexity index is 600. The number of carbonyl (C=O) groups is 1. The molecular weight excluding hydrogens is 294 g/mol. The van der Waals surface area contributed by atoms with E-state index in [0.717, 1.165) is 5.69 Å². The van der Waals surface area contributed by atoms with Crippen molar-refractivity contribution < 1.29 is 17.9 Å². The number of methoxy groups -OCH3 is 1. The van der Waals surface area contributed by atoms with Crippen LogP contribution in [0.15, 0.2) is 24.3 Å². The Kier molecular flexibility index (Phi) is 4.69. The van der Waals surface area contributed by atoms with Gasteiger partial charge < -0.3 is 10.1 Å². The highest BCUT2D eigenvalue weighted by Crippen LogP contribution is 2.20. The summed E-state index contributed by atoms with van der Waals surface area (Å²) in [5.41, 5.74) is 1.19. The van der Waals surface area contributed by atoms with Gasteiger partial charge in [-0.25, -0.2) is 13.2 Å². The lowest BCUT2D eigenvalue weighted by Crippen LogP contribution is -2.27. The van der Waals surface area contributed by atoms with E-state index in [1.54, 1.807) is 36.1 Å². The molecule has 0 aromatic heterocycles. The first-order valence-corrected chi connectivity index (χ1v) is 8.25. The van der Waals surface area contributed by atoms with Gasteiger partial charge in [0.25, 0.3) is 0 Å². The number of sulfonamides is 1. The van der Waals surface area contributed by atoms with Gasteiger partial charge in [0.1, 0.15) is 0 Å². The number of ether oxygens (including phenoxy) is 1. The van der Waals surface area contributed by atoms with Crippen LogP contribution in [0.4, 0.5) is 16.2 Å². The molecule has 7 nitrogen and oxygen atoms in total. The number of nitrogens with zero attached hydrogens (tertiary/aromatic N) is 1. The zero-order valence-electron chi connectivity index (χ0n) is 12.0. The fourth-order valence-corrected chi connectivity index (χ4v) is 3.36. The quantitative estimate of drug-likeness (QED) is 0.820. The SMILES string of the molecule is CO[C@@H](C)CS(=O)(=O)Nc1ccc(N2CCNC2=O)cc1. The van der Waals surface area contributed by atoms with Gasteiger partial charge >= 0.3 is 6.03 Å². The smallest absolute Gasteiger partial charge is 0.321 e. The molecule has 0 radical (unpaired) electrons. The monoisotopic (exact) mass is 313 g/mol. The first-order valence-electron chi connectivity index (χ1n) is 6.60. The van der Waals surface area contributed by atoms with Crippen molar-refractivity contribution >= 4 is 27.4 Å². The van der Waals surface area contributed by atoms with E-state index in [1.807, 2.05) is 0 Å².